The van der Waals surface area contributed by atoms with Crippen molar-refractivity contribution in [2.75, 3.05) is 0 Å². The van der Waals surface area contributed by atoms with Gasteiger partial charge in [-0.05, 0) is 62.4 Å². The number of benzene rings is 2. The number of nitrogens with one attached hydrogen (secondary N) is 1. The molecule has 1 N–H and O–H groups in total. The summed E-state index contributed by atoms with van der Waals surface area (Å²) in [6.07, 6.45) is 3.11. The van der Waals surface area contributed by atoms with Crippen molar-refractivity contribution < 1.29 is 4.79 Å². The number of hydrogen-bond donors (Lipinski definition) is 1. The van der Waals surface area contributed by atoms with E-state index in [1.54, 1.807) is 0 Å². The normalized spacial score (nSPS) is 15.7. The number of aromatic nitrogens is 3. The second kappa shape index (κ2) is 7.41. The molecule has 2 heterocycles. The Labute approximate surface area is 175 Å². The van der Waals surface area contributed by atoms with Crippen molar-refractivity contribution in [3.05, 3.63) is 88.7 Å². The maximum Gasteiger partial charge on any atom is 0.252 e. The molecule has 0 saturated heterocycles. The van der Waals surface area contributed by atoms with Gasteiger partial charge in [-0.1, -0.05) is 42.5 Å². The van der Waals surface area contributed by atoms with Gasteiger partial charge in [-0.15, -0.1) is 0 Å². The average Bonchev–Trinajstić information content (AvgIpc) is 3.10. The molecule has 1 unspecified atom stereocenters. The van der Waals surface area contributed by atoms with Gasteiger partial charge in [0.2, 0.25) is 0 Å². The summed E-state index contributed by atoms with van der Waals surface area (Å²) >= 11 is 0. The van der Waals surface area contributed by atoms with Crippen LogP contribution in [0.1, 0.15) is 51.8 Å². The highest BCUT2D eigenvalue weighted by Crippen LogP contribution is 2.31. The van der Waals surface area contributed by atoms with E-state index in [-0.39, 0.29) is 11.9 Å². The molecule has 30 heavy (non-hydrogen) atoms. The Balaban J connectivity index is 1.57. The average molecular weight is 396 g/mol. The van der Waals surface area contributed by atoms with Gasteiger partial charge in [0.15, 0.2) is 5.65 Å². The van der Waals surface area contributed by atoms with Crippen molar-refractivity contribution in [3.8, 4) is 5.69 Å². The predicted molar refractivity (Wildman–Crippen MR) is 118 cm³/mol. The van der Waals surface area contributed by atoms with Crippen LogP contribution in [0.3, 0.4) is 0 Å². The van der Waals surface area contributed by atoms with Crippen LogP contribution in [0.2, 0.25) is 0 Å². The fourth-order valence-corrected chi connectivity index (χ4v) is 4.48. The Kier molecular flexibility index (Phi) is 4.58. The lowest BCUT2D eigenvalue weighted by atomic mass is 9.87. The van der Waals surface area contributed by atoms with E-state index >= 15 is 0 Å². The minimum atomic E-state index is -0.0667. The Hall–Kier alpha value is -3.47. The highest BCUT2D eigenvalue weighted by molar-refractivity contribution is 6.07. The molecule has 5 heteroatoms. The van der Waals surface area contributed by atoms with Crippen molar-refractivity contribution in [1.29, 1.82) is 0 Å². The van der Waals surface area contributed by atoms with Gasteiger partial charge in [-0.25, -0.2) is 9.67 Å². The summed E-state index contributed by atoms with van der Waals surface area (Å²) in [5.74, 6) is -0.0667. The monoisotopic (exact) mass is 396 g/mol. The van der Waals surface area contributed by atoms with E-state index in [0.29, 0.717) is 11.2 Å². The molecule has 5 rings (SSSR count). The van der Waals surface area contributed by atoms with Crippen LogP contribution in [-0.4, -0.2) is 20.7 Å². The van der Waals surface area contributed by atoms with Crippen LogP contribution in [0.4, 0.5) is 0 Å². The molecule has 1 amide bonds. The number of fused-ring (bicyclic) bond motifs is 2. The van der Waals surface area contributed by atoms with Crippen molar-refractivity contribution in [2.24, 2.45) is 0 Å². The van der Waals surface area contributed by atoms with E-state index in [4.69, 9.17) is 10.1 Å². The second-order valence-corrected chi connectivity index (χ2v) is 7.96. The van der Waals surface area contributed by atoms with Crippen molar-refractivity contribution in [3.63, 3.8) is 0 Å². The molecule has 5 nitrogen and oxygen atoms in total. The molecule has 1 aliphatic rings. The van der Waals surface area contributed by atoms with Crippen LogP contribution in [-0.2, 0) is 6.42 Å². The molecule has 0 fully saturated rings. The zero-order valence-electron chi connectivity index (χ0n) is 17.2. The second-order valence-electron chi connectivity index (χ2n) is 7.96. The molecule has 0 aliphatic heterocycles. The maximum atomic E-state index is 13.4. The highest BCUT2D eigenvalue weighted by atomic mass is 16.1. The van der Waals surface area contributed by atoms with E-state index < -0.39 is 0 Å². The largest absolute Gasteiger partial charge is 0.345 e. The number of para-hydroxylation sites is 1. The molecular weight excluding hydrogens is 372 g/mol. The van der Waals surface area contributed by atoms with Crippen LogP contribution in [0.25, 0.3) is 16.7 Å². The molecule has 2 aromatic heterocycles. The van der Waals surface area contributed by atoms with E-state index in [0.717, 1.165) is 41.7 Å². The molecular formula is C25H24N4O. The predicted octanol–water partition coefficient (Wildman–Crippen LogP) is 4.84. The zero-order valence-corrected chi connectivity index (χ0v) is 17.2. The van der Waals surface area contributed by atoms with Gasteiger partial charge in [0, 0.05) is 5.69 Å². The number of aryl methyl sites for hydroxylation is 3. The van der Waals surface area contributed by atoms with Gasteiger partial charge in [-0.2, -0.15) is 5.10 Å². The smallest absolute Gasteiger partial charge is 0.252 e. The number of carbonyl (C=O) groups excluding carboxylic acids is 1. The van der Waals surface area contributed by atoms with Crippen molar-refractivity contribution >= 4 is 16.9 Å². The van der Waals surface area contributed by atoms with Crippen LogP contribution in [0.5, 0.6) is 0 Å². The van der Waals surface area contributed by atoms with Gasteiger partial charge in [0.1, 0.15) is 0 Å². The minimum absolute atomic E-state index is 0.0374. The number of hydrogen-bond acceptors (Lipinski definition) is 3. The van der Waals surface area contributed by atoms with Gasteiger partial charge in [0.25, 0.3) is 5.91 Å². The van der Waals surface area contributed by atoms with E-state index in [1.165, 1.54) is 11.1 Å². The summed E-state index contributed by atoms with van der Waals surface area (Å²) < 4.78 is 1.82. The van der Waals surface area contributed by atoms with Crippen molar-refractivity contribution in [1.82, 2.24) is 20.1 Å². The van der Waals surface area contributed by atoms with E-state index in [1.807, 2.05) is 61.0 Å². The first-order valence-corrected chi connectivity index (χ1v) is 10.4. The molecule has 1 aliphatic carbocycles. The first-order chi connectivity index (χ1) is 14.6. The number of rotatable bonds is 3. The fourth-order valence-electron chi connectivity index (χ4n) is 4.48. The van der Waals surface area contributed by atoms with Crippen LogP contribution >= 0.6 is 0 Å². The quantitative estimate of drug-likeness (QED) is 0.539. The molecule has 2 aromatic carbocycles. The molecule has 0 bridgehead atoms. The van der Waals surface area contributed by atoms with E-state index in [9.17, 15) is 4.79 Å². The standard InChI is InChI=1S/C25H24N4O/c1-16-15-21(25(30)27-22-14-8-10-18-9-6-7-13-20(18)22)23-17(2)28-29(24(23)26-16)19-11-4-3-5-12-19/h3-7,9,11-13,15,22H,8,10,14H2,1-2H3,(H,27,30). The summed E-state index contributed by atoms with van der Waals surface area (Å²) in [5, 5.41) is 8.80. The van der Waals surface area contributed by atoms with Gasteiger partial charge >= 0.3 is 0 Å². The summed E-state index contributed by atoms with van der Waals surface area (Å²) in [5.41, 5.74) is 6.45. The number of nitrogens with zero attached hydrogens (tertiary/aromatic N) is 3. The summed E-state index contributed by atoms with van der Waals surface area (Å²) in [6.45, 7) is 3.86. The first kappa shape index (κ1) is 18.6. The Morgan fingerprint density at radius 3 is 2.67 bits per heavy atom. The molecule has 4 aromatic rings. The number of pyridine rings is 1. The molecule has 150 valence electrons. The molecule has 1 atom stereocenters. The fraction of sp³-hybridized carbons (Fsp3) is 0.240. The number of amides is 1. The van der Waals surface area contributed by atoms with Gasteiger partial charge in [-0.3, -0.25) is 4.79 Å². The highest BCUT2D eigenvalue weighted by Gasteiger charge is 2.25. The number of carbonyl (C=O) groups is 1. The third-order valence-electron chi connectivity index (χ3n) is 5.86. The first-order valence-electron chi connectivity index (χ1n) is 10.4. The third kappa shape index (κ3) is 3.16. The third-order valence-corrected chi connectivity index (χ3v) is 5.86. The summed E-state index contributed by atoms with van der Waals surface area (Å²) in [4.78, 5) is 18.1. The minimum Gasteiger partial charge on any atom is -0.345 e. The zero-order chi connectivity index (χ0) is 20.7. The van der Waals surface area contributed by atoms with Crippen LogP contribution in [0.15, 0.2) is 60.7 Å². The molecule has 0 spiro atoms. The lowest BCUT2D eigenvalue weighted by molar-refractivity contribution is 0.0934. The lowest BCUT2D eigenvalue weighted by Gasteiger charge is -2.26. The Bertz CT molecular complexity index is 1240. The topological polar surface area (TPSA) is 59.8 Å². The summed E-state index contributed by atoms with van der Waals surface area (Å²) in [7, 11) is 0. The molecule has 0 radical (unpaired) electrons. The molecule has 0 saturated carbocycles. The van der Waals surface area contributed by atoms with Gasteiger partial charge < -0.3 is 5.32 Å². The van der Waals surface area contributed by atoms with Gasteiger partial charge in [0.05, 0.1) is 28.4 Å². The Morgan fingerprint density at radius 1 is 1.07 bits per heavy atom. The maximum absolute atomic E-state index is 13.4. The van der Waals surface area contributed by atoms with Crippen LogP contribution in [0, 0.1) is 13.8 Å². The van der Waals surface area contributed by atoms with E-state index in [2.05, 4.69) is 23.5 Å². The summed E-state index contributed by atoms with van der Waals surface area (Å²) in [6, 6.07) is 20.2. The Morgan fingerprint density at radius 2 is 1.83 bits per heavy atom. The lowest BCUT2D eigenvalue weighted by Crippen LogP contribution is -2.31. The van der Waals surface area contributed by atoms with Crippen molar-refractivity contribution in [2.45, 2.75) is 39.2 Å². The van der Waals surface area contributed by atoms with Crippen LogP contribution < -0.4 is 5.32 Å². The SMILES string of the molecule is Cc1cc(C(=O)NC2CCCc3ccccc32)c2c(C)nn(-c3ccccc3)c2n1.